The molecule has 9 N–H and O–H groups in total. The van der Waals surface area contributed by atoms with Crippen molar-refractivity contribution in [3.05, 3.63) is 0 Å². The summed E-state index contributed by atoms with van der Waals surface area (Å²) in [5.41, 5.74) is -10.3. The maximum absolute atomic E-state index is 10.2. The van der Waals surface area contributed by atoms with Crippen molar-refractivity contribution in [2.45, 2.75) is 54.4 Å². The minimum atomic E-state index is -3.46. The van der Waals surface area contributed by atoms with E-state index in [9.17, 15) is 88.2 Å². The van der Waals surface area contributed by atoms with Crippen LogP contribution in [0.5, 0.6) is 0 Å². The van der Waals surface area contributed by atoms with E-state index in [1.54, 1.807) is 0 Å². The second-order valence-electron chi connectivity index (χ2n) is 8.12. The third-order valence-electron chi connectivity index (χ3n) is 4.46. The van der Waals surface area contributed by atoms with E-state index in [1.165, 1.54) is 0 Å². The van der Waals surface area contributed by atoms with E-state index >= 15 is 0 Å². The molecule has 0 aliphatic heterocycles. The summed E-state index contributed by atoms with van der Waals surface area (Å²) in [5, 5.41) is 149. The van der Waals surface area contributed by atoms with E-state index in [-0.39, 0.29) is 92.2 Å². The first-order valence-corrected chi connectivity index (χ1v) is 14.1. The van der Waals surface area contributed by atoms with Gasteiger partial charge in [0.15, 0.2) is 6.10 Å². The van der Waals surface area contributed by atoms with Gasteiger partial charge in [-0.2, -0.15) is 0 Å². The van der Waals surface area contributed by atoms with Crippen molar-refractivity contribution < 1.29 is 138 Å². The SMILES string of the molecule is O=C([O-])CC(O)(C(=O)[O-])C(O)C(=O)O.O=C([O-])CC(O)(C(=O)[O-])C(O)C(=O)[O-].O=C([O-])CC(O)(C(=O)[O-])C(O)C(=O)[O-].O=[S](O)(=[Mg])OO.[Mg+2].[Mg+2].[Mg+2].[Mg+2]. The van der Waals surface area contributed by atoms with Crippen molar-refractivity contribution >= 4 is 173 Å². The Morgan fingerprint density at radius 3 is 0.827 bits per heavy atom. The molecule has 0 heterocycles. The van der Waals surface area contributed by atoms with Gasteiger partial charge in [0.2, 0.25) is 0 Å². The molecular formula is C18H18Mg5O28S. The van der Waals surface area contributed by atoms with Crippen molar-refractivity contribution in [3.63, 3.8) is 0 Å². The van der Waals surface area contributed by atoms with Crippen LogP contribution in [0, 0.1) is 0 Å². The van der Waals surface area contributed by atoms with Gasteiger partial charge < -0.3 is 115 Å². The Kier molecular flexibility index (Phi) is 39.9. The molecule has 7 atom stereocenters. The quantitative estimate of drug-likeness (QED) is 0.0396. The monoisotopic (exact) mass is 834 g/mol. The van der Waals surface area contributed by atoms with E-state index in [0.717, 1.165) is 0 Å². The first kappa shape index (κ1) is 68.8. The fraction of sp³-hybridized carbons (Fsp3) is 0.500. The number of carbonyl (C=O) groups is 9. The average molecular weight is 836 g/mol. The maximum Gasteiger partial charge on any atom is 2.00 e. The summed E-state index contributed by atoms with van der Waals surface area (Å²) in [6.45, 7) is 0. The van der Waals surface area contributed by atoms with Crippen molar-refractivity contribution in [2.75, 3.05) is 0 Å². The van der Waals surface area contributed by atoms with Gasteiger partial charge in [-0.1, -0.05) is 0 Å². The van der Waals surface area contributed by atoms with Crippen LogP contribution in [0.1, 0.15) is 19.3 Å². The van der Waals surface area contributed by atoms with E-state index in [4.69, 9.17) is 45.6 Å². The molecule has 274 valence electrons. The van der Waals surface area contributed by atoms with Crippen molar-refractivity contribution in [1.82, 2.24) is 0 Å². The summed E-state index contributed by atoms with van der Waals surface area (Å²) in [7, 11) is -3.33. The smallest absolute Gasteiger partial charge is 2.00 e. The van der Waals surface area contributed by atoms with Gasteiger partial charge in [-0.05, 0) is 0 Å². The van der Waals surface area contributed by atoms with Crippen LogP contribution in [-0.4, -0.2) is 251 Å². The number of aliphatic hydroxyl groups excluding tert-OH is 3. The van der Waals surface area contributed by atoms with Gasteiger partial charge in [0.05, 0.1) is 29.8 Å². The van der Waals surface area contributed by atoms with Gasteiger partial charge in [0.25, 0.3) is 0 Å². The minimum absolute atomic E-state index is 0. The average Bonchev–Trinajstić information content (AvgIpc) is 2.90. The molecule has 0 aromatic carbocycles. The molecule has 0 spiro atoms. The van der Waals surface area contributed by atoms with E-state index in [1.807, 2.05) is 0 Å². The predicted molar refractivity (Wildman–Crippen MR) is 138 cm³/mol. The maximum atomic E-state index is 10.2. The van der Waals surface area contributed by atoms with Gasteiger partial charge in [-0.3, -0.25) is 0 Å². The molecule has 0 radical (unpaired) electrons. The number of hydrogen-bond acceptors (Lipinski definition) is 26. The molecule has 0 bridgehead atoms. The van der Waals surface area contributed by atoms with Gasteiger partial charge in [0.1, 0.15) is 29.0 Å². The van der Waals surface area contributed by atoms with Crippen LogP contribution in [0.3, 0.4) is 0 Å². The molecule has 0 aromatic rings. The van der Waals surface area contributed by atoms with Crippen LogP contribution in [0.15, 0.2) is 0 Å². The Labute approximate surface area is 362 Å². The largest absolute Gasteiger partial charge is 2.00 e. The van der Waals surface area contributed by atoms with Gasteiger partial charge in [-0.15, -0.1) is 0 Å². The molecule has 0 saturated carbocycles. The van der Waals surface area contributed by atoms with Crippen LogP contribution in [0.4, 0.5) is 0 Å². The van der Waals surface area contributed by atoms with Crippen LogP contribution in [0.2, 0.25) is 0 Å². The zero-order valence-corrected chi connectivity index (χ0v) is 33.5. The first-order chi connectivity index (χ1) is 21.2. The molecule has 34 heteroatoms. The van der Waals surface area contributed by atoms with Crippen LogP contribution < -0.4 is 40.9 Å². The molecule has 0 fully saturated rings. The number of aliphatic carboxylic acids is 9. The normalized spacial score (nSPS) is 15.8. The Morgan fingerprint density at radius 2 is 0.731 bits per heavy atom. The Bertz CT molecular complexity index is 1210. The molecular weight excluding hydrogens is 818 g/mol. The van der Waals surface area contributed by atoms with E-state index < -0.39 is 115 Å². The Hall–Kier alpha value is -1.15. The topological polar surface area (TPSA) is 546 Å². The van der Waals surface area contributed by atoms with Gasteiger partial charge in [0, 0.05) is 37.2 Å². The van der Waals surface area contributed by atoms with Crippen molar-refractivity contribution in [3.8, 4) is 0 Å². The third kappa shape index (κ3) is 26.6. The number of carboxylic acid groups (broad SMARTS) is 9. The molecule has 0 amide bonds. The number of carbonyl (C=O) groups excluding carboxylic acids is 8. The summed E-state index contributed by atoms with van der Waals surface area (Å²) in [4.78, 5) is 90.7. The molecule has 0 aliphatic rings. The molecule has 28 nitrogen and oxygen atoms in total. The Balaban J connectivity index is -0.0000000832. The molecule has 0 aliphatic carbocycles. The third-order valence-corrected chi connectivity index (χ3v) is 5.01. The summed E-state index contributed by atoms with van der Waals surface area (Å²) >= 11 is 0.671. The van der Waals surface area contributed by atoms with Crippen molar-refractivity contribution in [1.29, 1.82) is 0 Å². The minimum Gasteiger partial charge on any atom is 2.00 e. The number of carboxylic acids is 9. The second-order valence-corrected chi connectivity index (χ2v) is 11.6. The zero-order valence-electron chi connectivity index (χ0n) is 25.6. The summed E-state index contributed by atoms with van der Waals surface area (Å²) in [6, 6.07) is 0. The van der Waals surface area contributed by atoms with Crippen molar-refractivity contribution in [2.24, 2.45) is 0 Å². The second kappa shape index (κ2) is 30.1. The standard InChI is InChI=1S/3C6H8O8.5Mg.H2O4S/c3*7-2(8)1-6(14,5(12)13)3(9)4(10)11;;;;;;1-4-5(2)3/h3*3,9,14H,1H2,(H,7,8)(H,10,11)(H,12,13);;;;;;1H,(H,2,3)/q;;;;4*+2;/p-8. The molecule has 0 saturated heterocycles. The molecule has 7 unspecified atom stereocenters. The van der Waals surface area contributed by atoms with Gasteiger partial charge >= 0.3 is 144 Å². The summed E-state index contributed by atoms with van der Waals surface area (Å²) in [6.07, 6.45) is -13.4. The molecule has 0 rings (SSSR count). The summed E-state index contributed by atoms with van der Waals surface area (Å²) < 4.78 is 20.6. The fourth-order valence-electron chi connectivity index (χ4n) is 2.10. The number of hydrogen-bond donors (Lipinski definition) is 9. The van der Waals surface area contributed by atoms with Crippen LogP contribution >= 0.6 is 0 Å². The number of aliphatic hydroxyl groups is 6. The van der Waals surface area contributed by atoms with Gasteiger partial charge in [-0.25, -0.2) is 4.79 Å². The number of rotatable bonds is 16. The van der Waals surface area contributed by atoms with Crippen LogP contribution in [0.25, 0.3) is 0 Å². The zero-order chi connectivity index (χ0) is 39.8. The molecule has 0 aromatic heterocycles. The molecule has 52 heavy (non-hydrogen) atoms. The first-order valence-electron chi connectivity index (χ1n) is 10.7. The predicted octanol–water partition coefficient (Wildman–Crippen LogP) is -19.8. The fourth-order valence-corrected chi connectivity index (χ4v) is 2.10. The summed E-state index contributed by atoms with van der Waals surface area (Å²) in [5.74, 6) is -20.2. The Morgan fingerprint density at radius 1 is 0.558 bits per heavy atom. The van der Waals surface area contributed by atoms with E-state index in [0.29, 0.717) is 19.8 Å². The van der Waals surface area contributed by atoms with Crippen LogP contribution in [-0.2, 0) is 54.8 Å². The van der Waals surface area contributed by atoms with E-state index in [2.05, 4.69) is 4.33 Å².